The van der Waals surface area contributed by atoms with Gasteiger partial charge in [-0.15, -0.1) is 0 Å². The smallest absolute Gasteiger partial charge is 0.335 e. The van der Waals surface area contributed by atoms with Crippen LogP contribution in [0, 0.1) is 6.92 Å². The molecule has 2 aliphatic rings. The van der Waals surface area contributed by atoms with Gasteiger partial charge in [0.15, 0.2) is 0 Å². The molecule has 0 bridgehead atoms. The fraction of sp³-hybridized carbons (Fsp3) is 0.286. The van der Waals surface area contributed by atoms with Crippen molar-refractivity contribution in [3.05, 3.63) is 88.5 Å². The molecule has 0 saturated heterocycles. The maximum atomic E-state index is 14.1. The summed E-state index contributed by atoms with van der Waals surface area (Å²) in [7, 11) is 0. The Morgan fingerprint density at radius 1 is 1.00 bits per heavy atom. The molecule has 1 amide bonds. The van der Waals surface area contributed by atoms with Crippen molar-refractivity contribution in [1.29, 1.82) is 0 Å². The third-order valence-electron chi connectivity index (χ3n) is 6.96. The van der Waals surface area contributed by atoms with Gasteiger partial charge in [0.05, 0.1) is 16.7 Å². The predicted molar refractivity (Wildman–Crippen MR) is 128 cm³/mol. The molecule has 5 nitrogen and oxygen atoms in total. The Bertz CT molecular complexity index is 1290. The van der Waals surface area contributed by atoms with Gasteiger partial charge in [-0.05, 0) is 93.6 Å². The van der Waals surface area contributed by atoms with E-state index in [1.54, 1.807) is 17.0 Å². The highest BCUT2D eigenvalue weighted by Gasteiger charge is 2.49. The molecular weight excluding hydrogens is 414 g/mol. The number of benzene rings is 3. The number of rotatable bonds is 3. The van der Waals surface area contributed by atoms with Crippen LogP contribution in [0.5, 0.6) is 5.75 Å². The van der Waals surface area contributed by atoms with E-state index in [2.05, 4.69) is 26.0 Å². The summed E-state index contributed by atoms with van der Waals surface area (Å²) in [5, 5.41) is 9.25. The number of hydrogen-bond donors (Lipinski definition) is 1. The fourth-order valence-corrected chi connectivity index (χ4v) is 4.95. The van der Waals surface area contributed by atoms with Gasteiger partial charge in [-0.3, -0.25) is 9.69 Å². The Morgan fingerprint density at radius 2 is 1.73 bits per heavy atom. The van der Waals surface area contributed by atoms with Gasteiger partial charge < -0.3 is 9.84 Å². The van der Waals surface area contributed by atoms with E-state index in [4.69, 9.17) is 4.74 Å². The van der Waals surface area contributed by atoms with Crippen LogP contribution in [0.2, 0.25) is 0 Å². The van der Waals surface area contributed by atoms with E-state index >= 15 is 0 Å². The Labute approximate surface area is 193 Å². The monoisotopic (exact) mass is 441 g/mol. The molecule has 0 radical (unpaired) electrons. The minimum Gasteiger partial charge on any atom is -0.488 e. The second-order valence-electron chi connectivity index (χ2n) is 9.82. The van der Waals surface area contributed by atoms with Crippen LogP contribution in [0.3, 0.4) is 0 Å². The molecule has 5 heteroatoms. The number of hydrogen-bond acceptors (Lipinski definition) is 3. The molecule has 0 fully saturated rings. The lowest BCUT2D eigenvalue weighted by atomic mass is 9.76. The van der Waals surface area contributed by atoms with E-state index < -0.39 is 11.4 Å². The lowest BCUT2D eigenvalue weighted by molar-refractivity contribution is -0.120. The van der Waals surface area contributed by atoms with Gasteiger partial charge in [-0.1, -0.05) is 29.8 Å². The minimum absolute atomic E-state index is 0.0526. The second-order valence-corrected chi connectivity index (χ2v) is 9.82. The summed E-state index contributed by atoms with van der Waals surface area (Å²) in [4.78, 5) is 27.1. The Kier molecular flexibility index (Phi) is 4.64. The van der Waals surface area contributed by atoms with Crippen LogP contribution in [-0.2, 0) is 16.6 Å². The maximum absolute atomic E-state index is 14.1. The Balaban J connectivity index is 1.63. The summed E-state index contributed by atoms with van der Waals surface area (Å²) < 4.78 is 6.16. The van der Waals surface area contributed by atoms with Crippen LogP contribution in [-0.4, -0.2) is 22.6 Å². The summed E-state index contributed by atoms with van der Waals surface area (Å²) in [5.74, 6) is -0.160. The van der Waals surface area contributed by atoms with Crippen molar-refractivity contribution in [1.82, 2.24) is 0 Å². The number of carbonyl (C=O) groups is 2. The topological polar surface area (TPSA) is 66.8 Å². The average Bonchev–Trinajstić information content (AvgIpc) is 3.00. The van der Waals surface area contributed by atoms with Gasteiger partial charge in [0, 0.05) is 5.69 Å². The zero-order chi connectivity index (χ0) is 23.5. The number of carboxylic acids is 1. The minimum atomic E-state index is -0.991. The van der Waals surface area contributed by atoms with Crippen molar-refractivity contribution in [2.24, 2.45) is 0 Å². The zero-order valence-corrected chi connectivity index (χ0v) is 19.3. The quantitative estimate of drug-likeness (QED) is 0.559. The van der Waals surface area contributed by atoms with E-state index in [1.165, 1.54) is 12.1 Å². The van der Waals surface area contributed by atoms with Crippen molar-refractivity contribution in [2.75, 3.05) is 4.90 Å². The number of amides is 1. The predicted octanol–water partition coefficient (Wildman–Crippen LogP) is 5.78. The first-order valence-corrected chi connectivity index (χ1v) is 11.2. The maximum Gasteiger partial charge on any atom is 0.335 e. The van der Waals surface area contributed by atoms with Crippen LogP contribution in [0.1, 0.15) is 59.8 Å². The van der Waals surface area contributed by atoms with Gasteiger partial charge in [0.2, 0.25) is 5.91 Å². The molecular formula is C28H27NO4. The highest BCUT2D eigenvalue weighted by atomic mass is 16.5. The number of anilines is 2. The lowest BCUT2D eigenvalue weighted by Crippen LogP contribution is -2.37. The molecule has 3 aromatic carbocycles. The highest BCUT2D eigenvalue weighted by molar-refractivity contribution is 6.14. The number of carbonyl (C=O) groups excluding carboxylic acids is 1. The molecule has 0 unspecified atom stereocenters. The van der Waals surface area contributed by atoms with Crippen molar-refractivity contribution in [2.45, 2.75) is 51.6 Å². The summed E-state index contributed by atoms with van der Waals surface area (Å²) in [6.45, 7) is 8.20. The first-order chi connectivity index (χ1) is 15.6. The number of aryl methyl sites for hydroxylation is 2. The third-order valence-corrected chi connectivity index (χ3v) is 6.96. The summed E-state index contributed by atoms with van der Waals surface area (Å²) in [5.41, 5.74) is 4.71. The number of carboxylic acid groups (broad SMARTS) is 1. The average molecular weight is 442 g/mol. The molecule has 168 valence electrons. The summed E-state index contributed by atoms with van der Waals surface area (Å²) in [6.07, 6.45) is 1.83. The van der Waals surface area contributed by atoms with Crippen molar-refractivity contribution in [3.63, 3.8) is 0 Å². The molecule has 0 saturated carbocycles. The van der Waals surface area contributed by atoms with E-state index in [9.17, 15) is 14.7 Å². The van der Waals surface area contributed by atoms with Gasteiger partial charge in [0.1, 0.15) is 11.4 Å². The van der Waals surface area contributed by atoms with Crippen LogP contribution in [0.15, 0.2) is 60.7 Å². The largest absolute Gasteiger partial charge is 0.488 e. The summed E-state index contributed by atoms with van der Waals surface area (Å²) in [6, 6.07) is 18.6. The van der Waals surface area contributed by atoms with Crippen molar-refractivity contribution >= 4 is 23.3 Å². The van der Waals surface area contributed by atoms with Gasteiger partial charge in [-0.25, -0.2) is 4.79 Å². The number of ether oxygens (including phenoxy) is 1. The van der Waals surface area contributed by atoms with Gasteiger partial charge in [0.25, 0.3) is 0 Å². The van der Waals surface area contributed by atoms with Gasteiger partial charge >= 0.3 is 5.97 Å². The van der Waals surface area contributed by atoms with Crippen molar-refractivity contribution < 1.29 is 19.4 Å². The van der Waals surface area contributed by atoms with Crippen molar-refractivity contribution in [3.8, 4) is 5.75 Å². The molecule has 33 heavy (non-hydrogen) atoms. The van der Waals surface area contributed by atoms with Crippen LogP contribution in [0.4, 0.5) is 11.4 Å². The first-order valence-electron chi connectivity index (χ1n) is 11.2. The van der Waals surface area contributed by atoms with Gasteiger partial charge in [-0.2, -0.15) is 0 Å². The second kappa shape index (κ2) is 7.20. The van der Waals surface area contributed by atoms with Crippen LogP contribution < -0.4 is 9.64 Å². The molecule has 1 N–H and O–H groups in total. The normalized spacial score (nSPS) is 20.7. The van der Waals surface area contributed by atoms with E-state index in [0.717, 1.165) is 46.5 Å². The molecule has 0 aliphatic carbocycles. The number of nitrogens with zero attached hydrogens (tertiary/aromatic N) is 1. The first kappa shape index (κ1) is 21.3. The van der Waals surface area contributed by atoms with E-state index in [1.807, 2.05) is 38.1 Å². The highest BCUT2D eigenvalue weighted by Crippen LogP contribution is 2.50. The van der Waals surface area contributed by atoms with E-state index in [-0.39, 0.29) is 17.1 Å². The molecule has 3 aromatic rings. The van der Waals surface area contributed by atoms with Crippen LogP contribution >= 0.6 is 0 Å². The molecule has 5 rings (SSSR count). The fourth-order valence-electron chi connectivity index (χ4n) is 4.95. The standard InChI is InChI=1S/C28H27NO4/c1-17-5-11-23-22(15-17)28(4,20-8-12-24-19(16-20)13-14-27(2,3)33-24)26(32)29(23)21-9-6-18(7-10-21)25(30)31/h5-12,15-16H,13-14H2,1-4H3,(H,30,31)/t28-/m0/s1. The molecule has 1 atom stereocenters. The SMILES string of the molecule is Cc1ccc2c(c1)[C@](C)(c1ccc3c(c1)CCC(C)(C)O3)C(=O)N2c1ccc(C(=O)O)cc1. The summed E-state index contributed by atoms with van der Waals surface area (Å²) >= 11 is 0. The lowest BCUT2D eigenvalue weighted by Gasteiger charge is -2.34. The molecule has 0 spiro atoms. The molecule has 2 aliphatic heterocycles. The van der Waals surface area contributed by atoms with Crippen LogP contribution in [0.25, 0.3) is 0 Å². The molecule has 2 heterocycles. The van der Waals surface area contributed by atoms with E-state index in [0.29, 0.717) is 5.69 Å². The number of aromatic carboxylic acids is 1. The Hall–Kier alpha value is -3.60. The number of fused-ring (bicyclic) bond motifs is 2. The molecule has 0 aromatic heterocycles. The zero-order valence-electron chi connectivity index (χ0n) is 19.3. The Morgan fingerprint density at radius 3 is 2.42 bits per heavy atom. The third kappa shape index (κ3) is 3.30.